The van der Waals surface area contributed by atoms with Gasteiger partial charge in [-0.25, -0.2) is 0 Å². The monoisotopic (exact) mass is 638 g/mol. The van der Waals surface area contributed by atoms with Gasteiger partial charge in [0.2, 0.25) is 5.91 Å². The third-order valence-electron chi connectivity index (χ3n) is 8.76. The average Bonchev–Trinajstić information content (AvgIpc) is 3.56. The van der Waals surface area contributed by atoms with Crippen molar-refractivity contribution in [1.29, 1.82) is 0 Å². The van der Waals surface area contributed by atoms with Crippen LogP contribution in [0, 0.1) is 19.3 Å². The summed E-state index contributed by atoms with van der Waals surface area (Å²) < 4.78 is 13.6. The van der Waals surface area contributed by atoms with E-state index in [1.54, 1.807) is 7.11 Å². The van der Waals surface area contributed by atoms with Crippen molar-refractivity contribution in [3.63, 3.8) is 0 Å². The number of ether oxygens (including phenoxy) is 2. The number of carbonyl (C=O) groups is 1. The summed E-state index contributed by atoms with van der Waals surface area (Å²) in [5.74, 6) is 0.471. The highest BCUT2D eigenvalue weighted by molar-refractivity contribution is 7.80. The van der Waals surface area contributed by atoms with E-state index < -0.39 is 5.41 Å². The SMILES string of the molecule is COc1cc(N2C(=S)N[C@H](c3ccccn3)[C@@H]2c2cc(C)n(-c3ccc(N4CCOCC4)cc3)c2C)ccc1NC(=O)C(C)(C)C. The molecule has 2 aromatic heterocycles. The summed E-state index contributed by atoms with van der Waals surface area (Å²) in [4.78, 5) is 22.0. The van der Waals surface area contributed by atoms with Gasteiger partial charge in [-0.15, -0.1) is 0 Å². The number of amides is 1. The number of morpholine rings is 1. The van der Waals surface area contributed by atoms with Crippen molar-refractivity contribution in [2.75, 3.05) is 48.5 Å². The molecule has 4 heterocycles. The summed E-state index contributed by atoms with van der Waals surface area (Å²) >= 11 is 6.02. The van der Waals surface area contributed by atoms with Crippen molar-refractivity contribution >= 4 is 40.3 Å². The second kappa shape index (κ2) is 12.8. The number of anilines is 3. The second-order valence-electron chi connectivity index (χ2n) is 12.9. The third-order valence-corrected chi connectivity index (χ3v) is 9.08. The summed E-state index contributed by atoms with van der Waals surface area (Å²) in [6.45, 7) is 13.3. The zero-order valence-corrected chi connectivity index (χ0v) is 28.1. The van der Waals surface area contributed by atoms with Crippen LogP contribution >= 0.6 is 12.2 Å². The van der Waals surface area contributed by atoms with E-state index in [1.807, 2.05) is 63.4 Å². The molecule has 2 aliphatic rings. The normalized spacial score (nSPS) is 18.4. The summed E-state index contributed by atoms with van der Waals surface area (Å²) in [5.41, 5.74) is 7.52. The van der Waals surface area contributed by atoms with Crippen LogP contribution in [0.1, 0.15) is 55.5 Å². The number of aryl methyl sites for hydroxylation is 1. The lowest BCUT2D eigenvalue weighted by Crippen LogP contribution is -2.36. The molecule has 2 saturated heterocycles. The molecule has 2 fully saturated rings. The summed E-state index contributed by atoms with van der Waals surface area (Å²) in [6.07, 6.45) is 1.81. The molecule has 6 rings (SSSR count). The Morgan fingerprint density at radius 2 is 1.70 bits per heavy atom. The number of methoxy groups -OCH3 is 1. The first-order chi connectivity index (χ1) is 22.1. The van der Waals surface area contributed by atoms with E-state index >= 15 is 0 Å². The van der Waals surface area contributed by atoms with Crippen LogP contribution in [0.25, 0.3) is 5.69 Å². The fourth-order valence-corrected chi connectivity index (χ4v) is 6.66. The van der Waals surface area contributed by atoms with Gasteiger partial charge in [-0.05, 0) is 86.2 Å². The van der Waals surface area contributed by atoms with E-state index in [9.17, 15) is 4.79 Å². The molecule has 2 N–H and O–H groups in total. The number of nitrogens with one attached hydrogen (secondary N) is 2. The summed E-state index contributed by atoms with van der Waals surface area (Å²) in [7, 11) is 1.61. The molecule has 2 atom stereocenters. The predicted molar refractivity (Wildman–Crippen MR) is 187 cm³/mol. The topological polar surface area (TPSA) is 83.9 Å². The Morgan fingerprint density at radius 3 is 2.35 bits per heavy atom. The van der Waals surface area contributed by atoms with Crippen LogP contribution in [0.2, 0.25) is 0 Å². The standard InChI is InChI=1S/C36H42N6O3S/c1-23-21-28(24(2)41(23)26-12-10-25(11-13-26)40-17-19-45-20-18-40)33-32(30-9-7-8-16-37-30)39-35(46)42(33)27-14-15-29(31(22-27)44-6)38-34(43)36(3,4)5/h7-16,21-22,32-33H,17-20H2,1-6H3,(H,38,43)(H,39,46)/t32-,33+/m1/s1. The van der Waals surface area contributed by atoms with Crippen LogP contribution in [0.5, 0.6) is 5.75 Å². The van der Waals surface area contributed by atoms with Crippen LogP contribution < -0.4 is 25.2 Å². The van der Waals surface area contributed by atoms with Gasteiger partial charge in [0.1, 0.15) is 5.75 Å². The van der Waals surface area contributed by atoms with E-state index in [-0.39, 0.29) is 18.0 Å². The summed E-state index contributed by atoms with van der Waals surface area (Å²) in [5, 5.41) is 7.18. The molecule has 0 spiro atoms. The number of thiocarbonyl (C=S) groups is 1. The van der Waals surface area contributed by atoms with Crippen molar-refractivity contribution in [3.8, 4) is 11.4 Å². The molecule has 0 unspecified atom stereocenters. The largest absolute Gasteiger partial charge is 0.494 e. The quantitative estimate of drug-likeness (QED) is 0.222. The molecule has 10 heteroatoms. The number of nitrogens with zero attached hydrogens (tertiary/aromatic N) is 4. The van der Waals surface area contributed by atoms with Gasteiger partial charge in [-0.1, -0.05) is 26.8 Å². The first kappa shape index (κ1) is 31.6. The lowest BCUT2D eigenvalue weighted by atomic mass is 9.95. The van der Waals surface area contributed by atoms with Crippen LogP contribution in [0.15, 0.2) is 72.9 Å². The minimum absolute atomic E-state index is 0.0876. The number of aromatic nitrogens is 2. The molecule has 0 radical (unpaired) electrons. The maximum atomic E-state index is 12.8. The van der Waals surface area contributed by atoms with Crippen molar-refractivity contribution in [3.05, 3.63) is 95.6 Å². The maximum absolute atomic E-state index is 12.8. The maximum Gasteiger partial charge on any atom is 0.229 e. The highest BCUT2D eigenvalue weighted by Gasteiger charge is 2.42. The molecule has 240 valence electrons. The second-order valence-corrected chi connectivity index (χ2v) is 13.2. The Kier molecular flexibility index (Phi) is 8.76. The average molecular weight is 639 g/mol. The molecule has 2 aromatic carbocycles. The van der Waals surface area contributed by atoms with E-state index in [4.69, 9.17) is 26.7 Å². The number of rotatable bonds is 7. The van der Waals surface area contributed by atoms with Crippen molar-refractivity contribution in [2.24, 2.45) is 5.41 Å². The number of pyridine rings is 1. The van der Waals surface area contributed by atoms with Gasteiger partial charge >= 0.3 is 0 Å². The van der Waals surface area contributed by atoms with Crippen LogP contribution in [-0.2, 0) is 9.53 Å². The molecule has 46 heavy (non-hydrogen) atoms. The smallest absolute Gasteiger partial charge is 0.229 e. The Bertz CT molecular complexity index is 1730. The molecule has 0 bridgehead atoms. The molecule has 0 saturated carbocycles. The Morgan fingerprint density at radius 1 is 1.00 bits per heavy atom. The number of carbonyl (C=O) groups excluding carboxylic acids is 1. The first-order valence-electron chi connectivity index (χ1n) is 15.7. The predicted octanol–water partition coefficient (Wildman–Crippen LogP) is 6.50. The van der Waals surface area contributed by atoms with Gasteiger partial charge in [-0.2, -0.15) is 0 Å². The van der Waals surface area contributed by atoms with Crippen molar-refractivity contribution < 1.29 is 14.3 Å². The number of hydrogen-bond acceptors (Lipinski definition) is 6. The fourth-order valence-electron chi connectivity index (χ4n) is 6.31. The van der Waals surface area contributed by atoms with E-state index in [1.165, 1.54) is 5.69 Å². The molecule has 0 aliphatic carbocycles. The molecule has 1 amide bonds. The summed E-state index contributed by atoms with van der Waals surface area (Å²) in [6, 6.07) is 22.4. The van der Waals surface area contributed by atoms with Crippen LogP contribution in [-0.4, -0.2) is 54.0 Å². The molecular weight excluding hydrogens is 597 g/mol. The minimum atomic E-state index is -0.545. The Balaban J connectivity index is 1.40. The van der Waals surface area contributed by atoms with Crippen molar-refractivity contribution in [1.82, 2.24) is 14.9 Å². The van der Waals surface area contributed by atoms with Crippen LogP contribution in [0.3, 0.4) is 0 Å². The van der Waals surface area contributed by atoms with Crippen LogP contribution in [0.4, 0.5) is 17.1 Å². The van der Waals surface area contributed by atoms with E-state index in [0.717, 1.165) is 60.3 Å². The molecule has 2 aliphatic heterocycles. The Hall–Kier alpha value is -4.41. The lowest BCUT2D eigenvalue weighted by Gasteiger charge is -2.29. The van der Waals surface area contributed by atoms with Gasteiger partial charge in [0.25, 0.3) is 0 Å². The van der Waals surface area contributed by atoms with Gasteiger partial charge in [0.05, 0.1) is 43.8 Å². The zero-order chi connectivity index (χ0) is 32.6. The molecule has 4 aromatic rings. The molecule has 9 nitrogen and oxygen atoms in total. The first-order valence-corrected chi connectivity index (χ1v) is 16.1. The number of benzene rings is 2. The fraction of sp³-hybridized carbons (Fsp3) is 0.361. The van der Waals surface area contributed by atoms with Gasteiger partial charge < -0.3 is 34.5 Å². The van der Waals surface area contributed by atoms with Gasteiger partial charge in [-0.3, -0.25) is 9.78 Å². The minimum Gasteiger partial charge on any atom is -0.494 e. The van der Waals surface area contributed by atoms with Crippen molar-refractivity contribution in [2.45, 2.75) is 46.7 Å². The molecular formula is C36H42N6O3S. The lowest BCUT2D eigenvalue weighted by molar-refractivity contribution is -0.123. The Labute approximate surface area is 276 Å². The highest BCUT2D eigenvalue weighted by Crippen LogP contribution is 2.45. The number of hydrogen-bond donors (Lipinski definition) is 2. The van der Waals surface area contributed by atoms with Gasteiger partial charge in [0, 0.05) is 59.2 Å². The van der Waals surface area contributed by atoms with E-state index in [0.29, 0.717) is 16.5 Å². The highest BCUT2D eigenvalue weighted by atomic mass is 32.1. The van der Waals surface area contributed by atoms with E-state index in [2.05, 4.69) is 69.2 Å². The third kappa shape index (κ3) is 6.07. The zero-order valence-electron chi connectivity index (χ0n) is 27.3. The van der Waals surface area contributed by atoms with Gasteiger partial charge in [0.15, 0.2) is 5.11 Å².